The van der Waals surface area contributed by atoms with E-state index in [1.165, 1.54) is 12.8 Å². The van der Waals surface area contributed by atoms with Gasteiger partial charge in [0.15, 0.2) is 0 Å². The molecule has 3 heterocycles. The van der Waals surface area contributed by atoms with Gasteiger partial charge in [0.05, 0.1) is 16.1 Å². The zero-order chi connectivity index (χ0) is 25.7. The first-order valence-electron chi connectivity index (χ1n) is 12.6. The van der Waals surface area contributed by atoms with E-state index in [4.69, 9.17) is 21.6 Å². The minimum absolute atomic E-state index is 0.0922. The van der Waals surface area contributed by atoms with E-state index in [1.54, 1.807) is 24.4 Å². The predicted molar refractivity (Wildman–Crippen MR) is 140 cm³/mol. The normalized spacial score (nSPS) is 25.3. The van der Waals surface area contributed by atoms with Crippen LogP contribution in [0.15, 0.2) is 36.5 Å². The van der Waals surface area contributed by atoms with Crippen molar-refractivity contribution in [3.63, 3.8) is 0 Å². The smallest absolute Gasteiger partial charge is 0.253 e. The number of anilines is 1. The van der Waals surface area contributed by atoms with Gasteiger partial charge < -0.3 is 20.3 Å². The van der Waals surface area contributed by atoms with Crippen LogP contribution in [0.5, 0.6) is 5.75 Å². The van der Waals surface area contributed by atoms with Gasteiger partial charge in [0.25, 0.3) is 5.91 Å². The highest BCUT2D eigenvalue weighted by Crippen LogP contribution is 2.55. The van der Waals surface area contributed by atoms with Crippen LogP contribution < -0.4 is 20.3 Å². The van der Waals surface area contributed by atoms with E-state index < -0.39 is 0 Å². The molecule has 0 radical (unpaired) electrons. The van der Waals surface area contributed by atoms with Gasteiger partial charge in [0.1, 0.15) is 23.7 Å². The Labute approximate surface area is 218 Å². The summed E-state index contributed by atoms with van der Waals surface area (Å²) in [5, 5.41) is 16.1. The van der Waals surface area contributed by atoms with Gasteiger partial charge in [-0.25, -0.2) is 4.98 Å². The average molecular weight is 508 g/mol. The minimum atomic E-state index is -0.312. The highest BCUT2D eigenvalue weighted by molar-refractivity contribution is 6.31. The molecule has 1 aromatic carbocycles. The third-order valence-electron chi connectivity index (χ3n) is 8.59. The number of hydrogen-bond donors (Lipinski definition) is 2. The number of aromatic nitrogens is 1. The summed E-state index contributed by atoms with van der Waals surface area (Å²) in [6.07, 6.45) is 3.92. The van der Waals surface area contributed by atoms with Crippen LogP contribution >= 0.6 is 11.6 Å². The summed E-state index contributed by atoms with van der Waals surface area (Å²) in [5.41, 5.74) is 0.846. The standard InChI is InChI=1S/C28H34ClN5O2/c1-26(2)24(27(3,4)25(26)36-20-7-5-18(14-30)21(29)13-20)33-23(35)19-6-8-22(32-15-19)34-11-9-28(10-12-34)16-31-17-28/h5-8,13,15,24-25,31H,9-12,16-17H2,1-4H3,(H,33,35)/t24-,25-. The zero-order valence-corrected chi connectivity index (χ0v) is 22.2. The number of halogens is 1. The maximum atomic E-state index is 13.2. The molecule has 0 unspecified atom stereocenters. The second-order valence-electron chi connectivity index (χ2n) is 11.8. The summed E-state index contributed by atoms with van der Waals surface area (Å²) >= 11 is 6.19. The molecule has 1 spiro atoms. The number of nitrogens with one attached hydrogen (secondary N) is 2. The Bertz CT molecular complexity index is 1170. The number of carbonyl (C=O) groups is 1. The number of nitriles is 1. The van der Waals surface area contributed by atoms with Crippen LogP contribution in [0.3, 0.4) is 0 Å². The molecule has 2 aromatic rings. The van der Waals surface area contributed by atoms with E-state index >= 15 is 0 Å². The Balaban J connectivity index is 1.22. The molecule has 1 aliphatic carbocycles. The quantitative estimate of drug-likeness (QED) is 0.623. The molecule has 2 aliphatic heterocycles. The summed E-state index contributed by atoms with van der Waals surface area (Å²) in [6.45, 7) is 12.7. The Morgan fingerprint density at radius 3 is 2.39 bits per heavy atom. The third-order valence-corrected chi connectivity index (χ3v) is 8.90. The second kappa shape index (κ2) is 8.93. The van der Waals surface area contributed by atoms with Crippen molar-refractivity contribution in [2.24, 2.45) is 16.2 Å². The number of carbonyl (C=O) groups excluding carboxylic acids is 1. The maximum absolute atomic E-state index is 13.2. The molecule has 1 amide bonds. The van der Waals surface area contributed by atoms with Crippen molar-refractivity contribution >= 4 is 23.3 Å². The summed E-state index contributed by atoms with van der Waals surface area (Å²) in [5.74, 6) is 1.43. The number of piperidine rings is 1. The molecule has 0 atom stereocenters. The van der Waals surface area contributed by atoms with Crippen molar-refractivity contribution in [2.75, 3.05) is 31.1 Å². The molecule has 2 saturated heterocycles. The summed E-state index contributed by atoms with van der Waals surface area (Å²) < 4.78 is 6.32. The SMILES string of the molecule is CC1(C)[C@H](NC(=O)c2ccc(N3CCC4(CC3)CNC4)nc2)C(C)(C)[C@H]1Oc1ccc(C#N)c(Cl)c1. The lowest BCUT2D eigenvalue weighted by atomic mass is 9.49. The Kier molecular flexibility index (Phi) is 6.17. The van der Waals surface area contributed by atoms with Gasteiger partial charge in [0.2, 0.25) is 0 Å². The van der Waals surface area contributed by atoms with Gasteiger partial charge in [-0.3, -0.25) is 4.79 Å². The number of hydrogen-bond acceptors (Lipinski definition) is 6. The molecule has 7 nitrogen and oxygen atoms in total. The molecule has 3 aliphatic rings. The van der Waals surface area contributed by atoms with E-state index in [0.29, 0.717) is 27.3 Å². The number of pyridine rings is 1. The molecule has 1 saturated carbocycles. The average Bonchev–Trinajstić information content (AvgIpc) is 2.84. The first kappa shape index (κ1) is 24.9. The van der Waals surface area contributed by atoms with Crippen molar-refractivity contribution in [1.82, 2.24) is 15.6 Å². The van der Waals surface area contributed by atoms with Crippen LogP contribution in [0.4, 0.5) is 5.82 Å². The highest BCUT2D eigenvalue weighted by atomic mass is 35.5. The summed E-state index contributed by atoms with van der Waals surface area (Å²) in [6, 6.07) is 10.9. The fraction of sp³-hybridized carbons (Fsp3) is 0.536. The van der Waals surface area contributed by atoms with Crippen molar-refractivity contribution in [1.29, 1.82) is 5.26 Å². The van der Waals surface area contributed by atoms with Gasteiger partial charge in [-0.2, -0.15) is 5.26 Å². The molecular weight excluding hydrogens is 474 g/mol. The second-order valence-corrected chi connectivity index (χ2v) is 12.2. The maximum Gasteiger partial charge on any atom is 0.253 e. The van der Waals surface area contributed by atoms with Crippen molar-refractivity contribution in [3.8, 4) is 11.8 Å². The predicted octanol–water partition coefficient (Wildman–Crippen LogP) is 4.41. The molecular formula is C28H34ClN5O2. The number of ether oxygens (including phenoxy) is 1. The van der Waals surface area contributed by atoms with Gasteiger partial charge in [-0.1, -0.05) is 39.3 Å². The lowest BCUT2D eigenvalue weighted by molar-refractivity contribution is -0.164. The Morgan fingerprint density at radius 1 is 1.17 bits per heavy atom. The molecule has 36 heavy (non-hydrogen) atoms. The number of nitrogens with zero attached hydrogens (tertiary/aromatic N) is 3. The molecule has 0 bridgehead atoms. The van der Waals surface area contributed by atoms with Crippen LogP contribution in [-0.4, -0.2) is 49.2 Å². The van der Waals surface area contributed by atoms with Crippen molar-refractivity contribution in [2.45, 2.75) is 52.7 Å². The van der Waals surface area contributed by atoms with Gasteiger partial charge in [-0.15, -0.1) is 0 Å². The molecule has 8 heteroatoms. The first-order valence-corrected chi connectivity index (χ1v) is 13.0. The topological polar surface area (TPSA) is 90.3 Å². The molecule has 2 N–H and O–H groups in total. The molecule has 5 rings (SSSR count). The third kappa shape index (κ3) is 4.21. The minimum Gasteiger partial charge on any atom is -0.489 e. The van der Waals surface area contributed by atoms with Gasteiger partial charge in [-0.05, 0) is 42.5 Å². The largest absolute Gasteiger partial charge is 0.489 e. The lowest BCUT2D eigenvalue weighted by Gasteiger charge is -2.63. The number of rotatable bonds is 5. The fourth-order valence-electron chi connectivity index (χ4n) is 6.56. The van der Waals surface area contributed by atoms with Crippen LogP contribution in [-0.2, 0) is 0 Å². The molecule has 1 aromatic heterocycles. The van der Waals surface area contributed by atoms with Crippen molar-refractivity contribution in [3.05, 3.63) is 52.7 Å². The summed E-state index contributed by atoms with van der Waals surface area (Å²) in [4.78, 5) is 20.1. The highest BCUT2D eigenvalue weighted by Gasteiger charge is 2.64. The van der Waals surface area contributed by atoms with E-state index in [9.17, 15) is 4.79 Å². The van der Waals surface area contributed by atoms with Gasteiger partial charge in [0, 0.05) is 55.3 Å². The monoisotopic (exact) mass is 507 g/mol. The van der Waals surface area contributed by atoms with E-state index in [2.05, 4.69) is 54.3 Å². The number of amides is 1. The van der Waals surface area contributed by atoms with Crippen LogP contribution in [0, 0.1) is 27.6 Å². The first-order chi connectivity index (χ1) is 17.1. The van der Waals surface area contributed by atoms with E-state index in [-0.39, 0.29) is 28.9 Å². The molecule has 190 valence electrons. The number of benzene rings is 1. The fourth-order valence-corrected chi connectivity index (χ4v) is 6.77. The van der Waals surface area contributed by atoms with Crippen LogP contribution in [0.1, 0.15) is 56.5 Å². The van der Waals surface area contributed by atoms with Crippen LogP contribution in [0.25, 0.3) is 0 Å². The van der Waals surface area contributed by atoms with Gasteiger partial charge >= 0.3 is 0 Å². The van der Waals surface area contributed by atoms with E-state index in [1.807, 2.05) is 12.1 Å². The lowest BCUT2D eigenvalue weighted by Crippen LogP contribution is -2.74. The van der Waals surface area contributed by atoms with E-state index in [0.717, 1.165) is 32.0 Å². The summed E-state index contributed by atoms with van der Waals surface area (Å²) in [7, 11) is 0. The van der Waals surface area contributed by atoms with Crippen LogP contribution in [0.2, 0.25) is 5.02 Å². The molecule has 3 fully saturated rings. The van der Waals surface area contributed by atoms with Crippen molar-refractivity contribution < 1.29 is 9.53 Å². The zero-order valence-electron chi connectivity index (χ0n) is 21.4. The Hall–Kier alpha value is -2.82. The Morgan fingerprint density at radius 2 is 1.86 bits per heavy atom.